The van der Waals surface area contributed by atoms with Gasteiger partial charge < -0.3 is 5.32 Å². The summed E-state index contributed by atoms with van der Waals surface area (Å²) in [5, 5.41) is 3.90. The summed E-state index contributed by atoms with van der Waals surface area (Å²) in [4.78, 5) is 2.81. The maximum Gasteiger partial charge on any atom is 0.0309 e. The van der Waals surface area contributed by atoms with Crippen LogP contribution in [0.1, 0.15) is 65.7 Å². The van der Waals surface area contributed by atoms with Gasteiger partial charge in [-0.15, -0.1) is 0 Å². The lowest BCUT2D eigenvalue weighted by molar-refractivity contribution is 0.0532. The Kier molecular flexibility index (Phi) is 4.75. The molecule has 3 rings (SSSR count). The molecule has 21 heavy (non-hydrogen) atoms. The van der Waals surface area contributed by atoms with Crippen molar-refractivity contribution in [2.24, 2.45) is 11.8 Å². The summed E-state index contributed by atoms with van der Waals surface area (Å²) < 4.78 is 0. The van der Waals surface area contributed by atoms with Crippen LogP contribution in [0.4, 0.5) is 0 Å². The quantitative estimate of drug-likeness (QED) is 0.771. The predicted octanol–water partition coefficient (Wildman–Crippen LogP) is 3.98. The van der Waals surface area contributed by atoms with Crippen molar-refractivity contribution < 1.29 is 0 Å². The SMILES string of the molecule is CC(C)C1CNC(C)(C2CC2)CN1CCC1=CCCCC1. The average Bonchev–Trinajstić information content (AvgIpc) is 3.31. The summed E-state index contributed by atoms with van der Waals surface area (Å²) in [6.45, 7) is 11.0. The van der Waals surface area contributed by atoms with E-state index in [1.165, 1.54) is 64.6 Å². The van der Waals surface area contributed by atoms with Crippen molar-refractivity contribution >= 4 is 0 Å². The number of allylic oxidation sites excluding steroid dienone is 1. The highest BCUT2D eigenvalue weighted by Gasteiger charge is 2.46. The molecule has 1 saturated carbocycles. The van der Waals surface area contributed by atoms with E-state index in [0.29, 0.717) is 5.54 Å². The van der Waals surface area contributed by atoms with Crippen molar-refractivity contribution in [3.8, 4) is 0 Å². The molecule has 1 saturated heterocycles. The second-order valence-electron chi connectivity index (χ2n) is 8.21. The number of nitrogens with one attached hydrogen (secondary N) is 1. The van der Waals surface area contributed by atoms with E-state index in [1.807, 2.05) is 0 Å². The van der Waals surface area contributed by atoms with Gasteiger partial charge in [-0.05, 0) is 63.7 Å². The van der Waals surface area contributed by atoms with Crippen LogP contribution in [0.5, 0.6) is 0 Å². The summed E-state index contributed by atoms with van der Waals surface area (Å²) in [5.74, 6) is 1.68. The Morgan fingerprint density at radius 1 is 1.33 bits per heavy atom. The first kappa shape index (κ1) is 15.6. The Bertz CT molecular complexity index is 383. The minimum atomic E-state index is 0.381. The van der Waals surface area contributed by atoms with Crippen molar-refractivity contribution in [3.05, 3.63) is 11.6 Å². The Morgan fingerprint density at radius 2 is 2.14 bits per heavy atom. The molecule has 2 unspecified atom stereocenters. The minimum Gasteiger partial charge on any atom is -0.308 e. The molecule has 1 N–H and O–H groups in total. The van der Waals surface area contributed by atoms with Crippen LogP contribution in [0, 0.1) is 11.8 Å². The topological polar surface area (TPSA) is 15.3 Å². The van der Waals surface area contributed by atoms with Crippen LogP contribution in [-0.2, 0) is 0 Å². The molecule has 2 aliphatic carbocycles. The maximum absolute atomic E-state index is 3.90. The van der Waals surface area contributed by atoms with E-state index >= 15 is 0 Å². The Labute approximate surface area is 131 Å². The average molecular weight is 290 g/mol. The van der Waals surface area contributed by atoms with Crippen molar-refractivity contribution in [2.45, 2.75) is 77.3 Å². The van der Waals surface area contributed by atoms with Crippen molar-refractivity contribution in [2.75, 3.05) is 19.6 Å². The zero-order valence-corrected chi connectivity index (χ0v) is 14.3. The number of nitrogens with zero attached hydrogens (tertiary/aromatic N) is 1. The van der Waals surface area contributed by atoms with E-state index in [0.717, 1.165) is 17.9 Å². The first-order valence-electron chi connectivity index (χ1n) is 9.25. The van der Waals surface area contributed by atoms with E-state index in [1.54, 1.807) is 5.57 Å². The molecule has 0 amide bonds. The Balaban J connectivity index is 1.61. The van der Waals surface area contributed by atoms with Crippen LogP contribution >= 0.6 is 0 Å². The molecule has 3 aliphatic rings. The molecule has 2 fully saturated rings. The van der Waals surface area contributed by atoms with Gasteiger partial charge in [0, 0.05) is 31.2 Å². The predicted molar refractivity (Wildman–Crippen MR) is 90.5 cm³/mol. The van der Waals surface area contributed by atoms with Crippen LogP contribution in [0.15, 0.2) is 11.6 Å². The Hall–Kier alpha value is -0.340. The molecular weight excluding hydrogens is 256 g/mol. The van der Waals surface area contributed by atoms with Gasteiger partial charge in [-0.25, -0.2) is 0 Å². The monoisotopic (exact) mass is 290 g/mol. The van der Waals surface area contributed by atoms with Gasteiger partial charge in [-0.3, -0.25) is 4.90 Å². The summed E-state index contributed by atoms with van der Waals surface area (Å²) in [6, 6.07) is 0.723. The normalized spacial score (nSPS) is 35.0. The van der Waals surface area contributed by atoms with Gasteiger partial charge in [0.2, 0.25) is 0 Å². The number of hydrogen-bond donors (Lipinski definition) is 1. The van der Waals surface area contributed by atoms with Crippen LogP contribution in [0.25, 0.3) is 0 Å². The third kappa shape index (κ3) is 3.71. The summed E-state index contributed by atoms with van der Waals surface area (Å²) >= 11 is 0. The number of piperazine rings is 1. The fourth-order valence-corrected chi connectivity index (χ4v) is 4.38. The molecule has 0 aromatic heterocycles. The van der Waals surface area contributed by atoms with E-state index in [4.69, 9.17) is 0 Å². The smallest absolute Gasteiger partial charge is 0.0309 e. The molecule has 0 spiro atoms. The van der Waals surface area contributed by atoms with E-state index in [2.05, 4.69) is 37.1 Å². The maximum atomic E-state index is 3.90. The standard InChI is InChI=1S/C19H34N2/c1-15(2)18-13-20-19(3,17-9-10-17)14-21(18)12-11-16-7-5-4-6-8-16/h7,15,17-18,20H,4-6,8-14H2,1-3H3. The van der Waals surface area contributed by atoms with E-state index < -0.39 is 0 Å². The van der Waals surface area contributed by atoms with Gasteiger partial charge in [0.05, 0.1) is 0 Å². The summed E-state index contributed by atoms with van der Waals surface area (Å²) in [5.41, 5.74) is 2.11. The number of hydrogen-bond acceptors (Lipinski definition) is 2. The third-order valence-corrected chi connectivity index (χ3v) is 6.07. The van der Waals surface area contributed by atoms with Gasteiger partial charge in [0.15, 0.2) is 0 Å². The molecule has 2 heteroatoms. The molecule has 2 atom stereocenters. The largest absolute Gasteiger partial charge is 0.308 e. The van der Waals surface area contributed by atoms with Crippen molar-refractivity contribution in [3.63, 3.8) is 0 Å². The minimum absolute atomic E-state index is 0.381. The van der Waals surface area contributed by atoms with E-state index in [9.17, 15) is 0 Å². The highest BCUT2D eigenvalue weighted by atomic mass is 15.3. The second kappa shape index (κ2) is 6.42. The first-order chi connectivity index (χ1) is 10.1. The molecule has 0 aromatic carbocycles. The summed E-state index contributed by atoms with van der Waals surface area (Å²) in [6.07, 6.45) is 12.2. The molecule has 120 valence electrons. The van der Waals surface area contributed by atoms with Crippen molar-refractivity contribution in [1.29, 1.82) is 0 Å². The molecule has 0 aromatic rings. The van der Waals surface area contributed by atoms with Gasteiger partial charge in [-0.2, -0.15) is 0 Å². The second-order valence-corrected chi connectivity index (χ2v) is 8.21. The molecule has 2 nitrogen and oxygen atoms in total. The first-order valence-corrected chi connectivity index (χ1v) is 9.25. The lowest BCUT2D eigenvalue weighted by Crippen LogP contribution is -2.65. The van der Waals surface area contributed by atoms with Gasteiger partial charge in [-0.1, -0.05) is 25.5 Å². The van der Waals surface area contributed by atoms with Gasteiger partial charge in [0.1, 0.15) is 0 Å². The molecular formula is C19H34N2. The van der Waals surface area contributed by atoms with Crippen LogP contribution in [0.3, 0.4) is 0 Å². The fraction of sp³-hybridized carbons (Fsp3) is 0.895. The highest BCUT2D eigenvalue weighted by Crippen LogP contribution is 2.41. The molecule has 1 heterocycles. The Morgan fingerprint density at radius 3 is 2.76 bits per heavy atom. The lowest BCUT2D eigenvalue weighted by atomic mass is 9.87. The van der Waals surface area contributed by atoms with Crippen LogP contribution in [0.2, 0.25) is 0 Å². The zero-order valence-electron chi connectivity index (χ0n) is 14.3. The van der Waals surface area contributed by atoms with Gasteiger partial charge >= 0.3 is 0 Å². The fourth-order valence-electron chi connectivity index (χ4n) is 4.38. The molecule has 1 aliphatic heterocycles. The molecule has 0 radical (unpaired) electrons. The van der Waals surface area contributed by atoms with Crippen LogP contribution in [-0.4, -0.2) is 36.1 Å². The molecule has 0 bridgehead atoms. The zero-order chi connectivity index (χ0) is 14.9. The lowest BCUT2D eigenvalue weighted by Gasteiger charge is -2.48. The van der Waals surface area contributed by atoms with Gasteiger partial charge in [0.25, 0.3) is 0 Å². The van der Waals surface area contributed by atoms with Crippen molar-refractivity contribution in [1.82, 2.24) is 10.2 Å². The third-order valence-electron chi connectivity index (χ3n) is 6.07. The highest BCUT2D eigenvalue weighted by molar-refractivity contribution is 5.08. The number of rotatable bonds is 5. The van der Waals surface area contributed by atoms with Crippen LogP contribution < -0.4 is 5.32 Å². The summed E-state index contributed by atoms with van der Waals surface area (Å²) in [7, 11) is 0. The van der Waals surface area contributed by atoms with E-state index in [-0.39, 0.29) is 0 Å².